The summed E-state index contributed by atoms with van der Waals surface area (Å²) in [4.78, 5) is 27.0. The highest BCUT2D eigenvalue weighted by atomic mass is 35.5. The minimum absolute atomic E-state index is 0.102. The maximum absolute atomic E-state index is 13.0. The van der Waals surface area contributed by atoms with Crippen molar-refractivity contribution in [1.29, 1.82) is 0 Å². The number of aromatic nitrogens is 2. The molecule has 0 aromatic carbocycles. The molecule has 0 spiro atoms. The maximum atomic E-state index is 13.0. The fourth-order valence-electron chi connectivity index (χ4n) is 5.14. The van der Waals surface area contributed by atoms with Crippen molar-refractivity contribution in [1.82, 2.24) is 14.7 Å². The lowest BCUT2D eigenvalue weighted by atomic mass is 10.0. The normalized spacial score (nSPS) is 18.6. The van der Waals surface area contributed by atoms with Crippen molar-refractivity contribution in [2.75, 3.05) is 31.6 Å². The van der Waals surface area contributed by atoms with Crippen LogP contribution in [0.15, 0.2) is 22.6 Å². The van der Waals surface area contributed by atoms with E-state index in [1.165, 1.54) is 56.0 Å². The summed E-state index contributed by atoms with van der Waals surface area (Å²) in [6, 6.07) is -0.102. The number of halogens is 1. The van der Waals surface area contributed by atoms with Crippen LogP contribution in [0.5, 0.6) is 0 Å². The fourth-order valence-corrected chi connectivity index (χ4v) is 5.34. The Labute approximate surface area is 239 Å². The minimum atomic E-state index is -0.531. The predicted molar refractivity (Wildman–Crippen MR) is 158 cm³/mol. The number of carbonyl (C=O) groups is 1. The van der Waals surface area contributed by atoms with Gasteiger partial charge in [0, 0.05) is 19.6 Å². The Morgan fingerprint density at radius 1 is 1.13 bits per heavy atom. The smallest absolute Gasteiger partial charge is 0.410 e. The second kappa shape index (κ2) is 15.7. The Hall–Kier alpha value is -2.06. The third-order valence-electron chi connectivity index (χ3n) is 7.47. The average molecular weight is 565 g/mol. The number of hydrogen-bond donors (Lipinski definition) is 1. The number of ether oxygens (including phenoxy) is 2. The second-order valence-corrected chi connectivity index (χ2v) is 12.3. The summed E-state index contributed by atoms with van der Waals surface area (Å²) in [6.07, 6.45) is 17.8. The van der Waals surface area contributed by atoms with Gasteiger partial charge in [0.25, 0.3) is 5.56 Å². The zero-order valence-electron chi connectivity index (χ0n) is 24.5. The highest BCUT2D eigenvalue weighted by Crippen LogP contribution is 2.25. The quantitative estimate of drug-likeness (QED) is 0.203. The lowest BCUT2D eigenvalue weighted by Crippen LogP contribution is -2.43. The Morgan fingerprint density at radius 3 is 2.41 bits per heavy atom. The molecule has 220 valence electrons. The van der Waals surface area contributed by atoms with E-state index >= 15 is 0 Å². The van der Waals surface area contributed by atoms with Gasteiger partial charge in [-0.2, -0.15) is 5.10 Å². The van der Waals surface area contributed by atoms with Crippen molar-refractivity contribution in [3.8, 4) is 0 Å². The monoisotopic (exact) mass is 564 g/mol. The summed E-state index contributed by atoms with van der Waals surface area (Å²) in [7, 11) is 0. The van der Waals surface area contributed by atoms with Crippen LogP contribution in [0.2, 0.25) is 5.02 Å². The third kappa shape index (κ3) is 10.5. The van der Waals surface area contributed by atoms with Gasteiger partial charge in [-0.15, -0.1) is 0 Å². The summed E-state index contributed by atoms with van der Waals surface area (Å²) in [5.41, 5.74) is 0.858. The first-order valence-electron chi connectivity index (χ1n) is 15.0. The average Bonchev–Trinajstić information content (AvgIpc) is 2.91. The first kappa shape index (κ1) is 31.5. The van der Waals surface area contributed by atoms with Crippen LogP contribution in [0.4, 0.5) is 10.5 Å². The fraction of sp³-hybridized carbons (Fsp3) is 0.767. The van der Waals surface area contributed by atoms with Gasteiger partial charge in [-0.1, -0.05) is 76.0 Å². The van der Waals surface area contributed by atoms with Gasteiger partial charge in [0.1, 0.15) is 10.6 Å². The molecular formula is C30H49ClN4O4. The molecule has 1 fully saturated rings. The number of rotatable bonds is 13. The molecule has 2 aliphatic heterocycles. The number of amides is 1. The van der Waals surface area contributed by atoms with E-state index in [0.717, 1.165) is 18.4 Å². The van der Waals surface area contributed by atoms with Gasteiger partial charge in [-0.3, -0.25) is 4.79 Å². The summed E-state index contributed by atoms with van der Waals surface area (Å²) >= 11 is 6.46. The van der Waals surface area contributed by atoms with Crippen LogP contribution in [0, 0.1) is 0 Å². The lowest BCUT2D eigenvalue weighted by molar-refractivity contribution is 0.0183. The van der Waals surface area contributed by atoms with Crippen molar-refractivity contribution in [2.24, 2.45) is 0 Å². The number of nitrogens with one attached hydrogen (secondary N) is 1. The lowest BCUT2D eigenvalue weighted by Gasteiger charge is -2.33. The van der Waals surface area contributed by atoms with E-state index in [2.05, 4.69) is 23.4 Å². The summed E-state index contributed by atoms with van der Waals surface area (Å²) in [5.74, 6) is 0. The van der Waals surface area contributed by atoms with Gasteiger partial charge in [0.15, 0.2) is 0 Å². The van der Waals surface area contributed by atoms with Gasteiger partial charge in [0.2, 0.25) is 0 Å². The SMILES string of the molecule is CCCCCCCCCCC1CC=C(CNc2cnn(C3CCN(C(=O)OC(C)(C)C)CC3)c(=O)c2Cl)CO1. The topological polar surface area (TPSA) is 85.7 Å². The molecule has 0 radical (unpaired) electrons. The molecule has 1 saturated heterocycles. The minimum Gasteiger partial charge on any atom is -0.444 e. The number of likely N-dealkylation sites (tertiary alicyclic amines) is 1. The molecule has 1 aromatic heterocycles. The molecule has 2 aliphatic rings. The number of hydrogen-bond acceptors (Lipinski definition) is 6. The molecule has 0 saturated carbocycles. The number of unbranched alkanes of at least 4 members (excludes halogenated alkanes) is 7. The highest BCUT2D eigenvalue weighted by molar-refractivity contribution is 6.32. The summed E-state index contributed by atoms with van der Waals surface area (Å²) in [6.45, 7) is 10.0. The van der Waals surface area contributed by atoms with Crippen LogP contribution >= 0.6 is 11.6 Å². The Bertz CT molecular complexity index is 996. The van der Waals surface area contributed by atoms with E-state index < -0.39 is 5.60 Å². The summed E-state index contributed by atoms with van der Waals surface area (Å²) < 4.78 is 13.0. The van der Waals surface area contributed by atoms with Crippen LogP contribution in [0.25, 0.3) is 0 Å². The maximum Gasteiger partial charge on any atom is 0.410 e. The molecule has 1 unspecified atom stereocenters. The molecule has 0 aliphatic carbocycles. The number of anilines is 1. The zero-order chi connectivity index (χ0) is 28.3. The second-order valence-electron chi connectivity index (χ2n) is 12.0. The first-order chi connectivity index (χ1) is 18.7. The van der Waals surface area contributed by atoms with Crippen LogP contribution in [-0.4, -0.2) is 58.7 Å². The van der Waals surface area contributed by atoms with E-state index in [0.29, 0.717) is 50.9 Å². The first-order valence-corrected chi connectivity index (χ1v) is 15.3. The van der Waals surface area contributed by atoms with Crippen LogP contribution in [-0.2, 0) is 9.47 Å². The third-order valence-corrected chi connectivity index (χ3v) is 7.83. The van der Waals surface area contributed by atoms with E-state index in [1.54, 1.807) is 11.1 Å². The highest BCUT2D eigenvalue weighted by Gasteiger charge is 2.29. The van der Waals surface area contributed by atoms with Crippen molar-refractivity contribution in [3.05, 3.63) is 33.2 Å². The van der Waals surface area contributed by atoms with Crippen LogP contribution < -0.4 is 10.9 Å². The molecule has 9 heteroatoms. The van der Waals surface area contributed by atoms with Gasteiger partial charge in [0.05, 0.1) is 30.6 Å². The van der Waals surface area contributed by atoms with E-state index in [1.807, 2.05) is 20.8 Å². The zero-order valence-corrected chi connectivity index (χ0v) is 25.2. The largest absolute Gasteiger partial charge is 0.444 e. The summed E-state index contributed by atoms with van der Waals surface area (Å²) in [5, 5.41) is 7.82. The van der Waals surface area contributed by atoms with Crippen molar-refractivity contribution in [3.63, 3.8) is 0 Å². The van der Waals surface area contributed by atoms with Gasteiger partial charge in [-0.05, 0) is 52.0 Å². The van der Waals surface area contributed by atoms with Crippen LogP contribution in [0.1, 0.15) is 111 Å². The molecule has 3 heterocycles. The molecular weight excluding hydrogens is 516 g/mol. The van der Waals surface area contributed by atoms with Gasteiger partial charge < -0.3 is 19.7 Å². The molecule has 1 amide bonds. The molecule has 1 aromatic rings. The number of piperidine rings is 1. The van der Waals surface area contributed by atoms with Crippen LogP contribution in [0.3, 0.4) is 0 Å². The Balaban J connectivity index is 1.40. The van der Waals surface area contributed by atoms with E-state index in [9.17, 15) is 9.59 Å². The molecule has 39 heavy (non-hydrogen) atoms. The van der Waals surface area contributed by atoms with Crippen molar-refractivity contribution < 1.29 is 14.3 Å². The van der Waals surface area contributed by atoms with Gasteiger partial charge >= 0.3 is 6.09 Å². The Kier molecular flexibility index (Phi) is 12.6. The predicted octanol–water partition coefficient (Wildman–Crippen LogP) is 7.13. The molecule has 0 bridgehead atoms. The molecule has 3 rings (SSSR count). The number of carbonyl (C=O) groups excluding carboxylic acids is 1. The molecule has 8 nitrogen and oxygen atoms in total. The number of nitrogens with zero attached hydrogens (tertiary/aromatic N) is 3. The Morgan fingerprint density at radius 2 is 1.79 bits per heavy atom. The van der Waals surface area contributed by atoms with Crippen molar-refractivity contribution in [2.45, 2.75) is 122 Å². The van der Waals surface area contributed by atoms with Gasteiger partial charge in [-0.25, -0.2) is 9.48 Å². The van der Waals surface area contributed by atoms with Crippen molar-refractivity contribution >= 4 is 23.4 Å². The van der Waals surface area contributed by atoms with E-state index in [-0.39, 0.29) is 22.7 Å². The standard InChI is InChI=1S/C30H49ClN4O4/c1-5-6-7-8-9-10-11-12-13-25-15-14-23(22-38-25)20-32-26-21-33-35(28(36)27(26)31)24-16-18-34(19-17-24)29(37)39-30(2,3)4/h14,21,24-25,32H,5-13,15-20,22H2,1-4H3. The van der Waals surface area contributed by atoms with E-state index in [4.69, 9.17) is 21.1 Å². The molecule has 1 N–H and O–H groups in total. The molecule has 1 atom stereocenters.